The largest absolute Gasteiger partial charge is 0.494 e. The van der Waals surface area contributed by atoms with Gasteiger partial charge in [0.1, 0.15) is 5.75 Å². The zero-order valence-electron chi connectivity index (χ0n) is 15.1. The molecular formula is C22H27NO3. The second-order valence-corrected chi connectivity index (χ2v) is 6.90. The molecule has 0 bridgehead atoms. The Bertz CT molecular complexity index is 676. The molecule has 1 aliphatic rings. The van der Waals surface area contributed by atoms with Gasteiger partial charge in [-0.1, -0.05) is 42.5 Å². The van der Waals surface area contributed by atoms with Crippen molar-refractivity contribution in [3.8, 4) is 5.75 Å². The van der Waals surface area contributed by atoms with Crippen LogP contribution in [-0.4, -0.2) is 35.8 Å². The molecule has 1 N–H and O–H groups in total. The minimum absolute atomic E-state index is 0.450. The van der Waals surface area contributed by atoms with E-state index in [1.54, 1.807) is 0 Å². The highest BCUT2D eigenvalue weighted by Crippen LogP contribution is 2.29. The highest BCUT2D eigenvalue weighted by molar-refractivity contribution is 5.65. The molecule has 2 aromatic rings. The van der Waals surface area contributed by atoms with E-state index < -0.39 is 6.09 Å². The molecule has 3 rings (SSSR count). The van der Waals surface area contributed by atoms with Crippen LogP contribution in [0.1, 0.15) is 42.7 Å². The van der Waals surface area contributed by atoms with Gasteiger partial charge >= 0.3 is 6.09 Å². The summed E-state index contributed by atoms with van der Waals surface area (Å²) in [5, 5.41) is 9.03. The number of likely N-dealkylation sites (tertiary alicyclic amines) is 1. The topological polar surface area (TPSA) is 49.8 Å². The lowest BCUT2D eigenvalue weighted by Crippen LogP contribution is -2.36. The second-order valence-electron chi connectivity index (χ2n) is 6.90. The van der Waals surface area contributed by atoms with Gasteiger partial charge in [-0.25, -0.2) is 4.79 Å². The maximum atomic E-state index is 11.0. The van der Waals surface area contributed by atoms with Crippen molar-refractivity contribution in [3.63, 3.8) is 0 Å². The van der Waals surface area contributed by atoms with E-state index in [-0.39, 0.29) is 0 Å². The Morgan fingerprint density at radius 2 is 1.69 bits per heavy atom. The molecule has 26 heavy (non-hydrogen) atoms. The standard InChI is InChI=1S/C22H27NO3/c24-22(25)23-15-13-20(14-16-23)19-9-11-21(12-10-19)26-17-5-4-8-18-6-2-1-3-7-18/h1-3,6-7,9-12,20H,4-5,8,13-17H2,(H,24,25). The molecular weight excluding hydrogens is 326 g/mol. The molecule has 2 aromatic carbocycles. The van der Waals surface area contributed by atoms with Crippen LogP contribution >= 0.6 is 0 Å². The van der Waals surface area contributed by atoms with Gasteiger partial charge in [0.05, 0.1) is 6.61 Å². The molecule has 0 saturated carbocycles. The predicted octanol–water partition coefficient (Wildman–Crippen LogP) is 4.95. The number of hydrogen-bond donors (Lipinski definition) is 1. The van der Waals surface area contributed by atoms with Crippen molar-refractivity contribution in [1.29, 1.82) is 0 Å². The third kappa shape index (κ3) is 5.25. The number of hydrogen-bond acceptors (Lipinski definition) is 2. The molecule has 0 aromatic heterocycles. The Morgan fingerprint density at radius 1 is 1.00 bits per heavy atom. The average molecular weight is 353 g/mol. The number of carbonyl (C=O) groups is 1. The SMILES string of the molecule is O=C(O)N1CCC(c2ccc(OCCCCc3ccccc3)cc2)CC1. The van der Waals surface area contributed by atoms with Crippen LogP contribution in [0.15, 0.2) is 54.6 Å². The van der Waals surface area contributed by atoms with Crippen molar-refractivity contribution in [3.05, 3.63) is 65.7 Å². The van der Waals surface area contributed by atoms with Crippen LogP contribution in [-0.2, 0) is 6.42 Å². The number of amides is 1. The Hall–Kier alpha value is -2.49. The molecule has 1 aliphatic heterocycles. The van der Waals surface area contributed by atoms with Crippen LogP contribution in [0.2, 0.25) is 0 Å². The van der Waals surface area contributed by atoms with Crippen LogP contribution < -0.4 is 4.74 Å². The van der Waals surface area contributed by atoms with Crippen LogP contribution in [0.3, 0.4) is 0 Å². The first kappa shape index (κ1) is 18.3. The Balaban J connectivity index is 1.37. The number of ether oxygens (including phenoxy) is 1. The summed E-state index contributed by atoms with van der Waals surface area (Å²) in [7, 11) is 0. The number of nitrogens with zero attached hydrogens (tertiary/aromatic N) is 1. The first-order chi connectivity index (χ1) is 12.7. The lowest BCUT2D eigenvalue weighted by molar-refractivity contribution is 0.132. The lowest BCUT2D eigenvalue weighted by atomic mass is 9.89. The van der Waals surface area contributed by atoms with E-state index in [0.717, 1.165) is 44.5 Å². The summed E-state index contributed by atoms with van der Waals surface area (Å²) in [5.74, 6) is 1.36. The summed E-state index contributed by atoms with van der Waals surface area (Å²) in [6, 6.07) is 18.9. The molecule has 0 aliphatic carbocycles. The first-order valence-corrected chi connectivity index (χ1v) is 9.47. The van der Waals surface area contributed by atoms with Crippen LogP contribution in [0.25, 0.3) is 0 Å². The van der Waals surface area contributed by atoms with Gasteiger partial charge in [-0.05, 0) is 61.3 Å². The van der Waals surface area contributed by atoms with Gasteiger partial charge in [0.2, 0.25) is 0 Å². The molecule has 1 amide bonds. The normalized spacial score (nSPS) is 15.0. The fraction of sp³-hybridized carbons (Fsp3) is 0.409. The summed E-state index contributed by atoms with van der Waals surface area (Å²) in [5.41, 5.74) is 2.66. The van der Waals surface area contributed by atoms with E-state index in [9.17, 15) is 4.79 Å². The van der Waals surface area contributed by atoms with Crippen molar-refractivity contribution in [2.24, 2.45) is 0 Å². The van der Waals surface area contributed by atoms with Crippen LogP contribution in [0, 0.1) is 0 Å². The number of carboxylic acid groups (broad SMARTS) is 1. The molecule has 4 nitrogen and oxygen atoms in total. The molecule has 1 saturated heterocycles. The average Bonchev–Trinajstić information content (AvgIpc) is 2.69. The number of benzene rings is 2. The minimum atomic E-state index is -0.806. The van der Waals surface area contributed by atoms with E-state index in [4.69, 9.17) is 9.84 Å². The number of unbranched alkanes of at least 4 members (excludes halogenated alkanes) is 1. The highest BCUT2D eigenvalue weighted by atomic mass is 16.5. The molecule has 1 fully saturated rings. The highest BCUT2D eigenvalue weighted by Gasteiger charge is 2.23. The molecule has 138 valence electrons. The summed E-state index contributed by atoms with van der Waals surface area (Å²) >= 11 is 0. The van der Waals surface area contributed by atoms with E-state index >= 15 is 0 Å². The molecule has 0 spiro atoms. The van der Waals surface area contributed by atoms with E-state index in [0.29, 0.717) is 19.0 Å². The fourth-order valence-electron chi connectivity index (χ4n) is 3.51. The Labute approximate surface area is 155 Å². The Morgan fingerprint density at radius 3 is 2.35 bits per heavy atom. The smallest absolute Gasteiger partial charge is 0.407 e. The Kier molecular flexibility index (Phi) is 6.53. The van der Waals surface area contributed by atoms with Gasteiger partial charge in [0, 0.05) is 13.1 Å². The van der Waals surface area contributed by atoms with Gasteiger partial charge in [-0.2, -0.15) is 0 Å². The number of piperidine rings is 1. The maximum absolute atomic E-state index is 11.0. The first-order valence-electron chi connectivity index (χ1n) is 9.47. The van der Waals surface area contributed by atoms with Crippen LogP contribution in [0.5, 0.6) is 5.75 Å². The molecule has 1 heterocycles. The quantitative estimate of drug-likeness (QED) is 0.717. The predicted molar refractivity (Wildman–Crippen MR) is 103 cm³/mol. The molecule has 0 unspecified atom stereocenters. The van der Waals surface area contributed by atoms with E-state index in [1.165, 1.54) is 16.0 Å². The fourth-order valence-corrected chi connectivity index (χ4v) is 3.51. The van der Waals surface area contributed by atoms with Crippen molar-refractivity contribution >= 4 is 6.09 Å². The van der Waals surface area contributed by atoms with Crippen molar-refractivity contribution in [2.45, 2.75) is 38.0 Å². The molecule has 4 heteroatoms. The monoisotopic (exact) mass is 353 g/mol. The number of rotatable bonds is 7. The second kappa shape index (κ2) is 9.27. The molecule has 0 atom stereocenters. The third-order valence-electron chi connectivity index (χ3n) is 5.09. The van der Waals surface area contributed by atoms with Gasteiger partial charge in [-0.15, -0.1) is 0 Å². The zero-order chi connectivity index (χ0) is 18.2. The summed E-state index contributed by atoms with van der Waals surface area (Å²) in [6.45, 7) is 1.99. The minimum Gasteiger partial charge on any atom is -0.494 e. The number of aryl methyl sites for hydroxylation is 1. The third-order valence-corrected chi connectivity index (χ3v) is 5.09. The summed E-state index contributed by atoms with van der Waals surface area (Å²) in [6.07, 6.45) is 4.25. The lowest BCUT2D eigenvalue weighted by Gasteiger charge is -2.30. The van der Waals surface area contributed by atoms with Gasteiger partial charge < -0.3 is 14.7 Å². The zero-order valence-corrected chi connectivity index (χ0v) is 15.1. The molecule has 0 radical (unpaired) electrons. The van der Waals surface area contributed by atoms with Gasteiger partial charge in [0.15, 0.2) is 0 Å². The summed E-state index contributed by atoms with van der Waals surface area (Å²) in [4.78, 5) is 12.5. The van der Waals surface area contributed by atoms with Crippen molar-refractivity contribution < 1.29 is 14.6 Å². The van der Waals surface area contributed by atoms with Crippen LogP contribution in [0.4, 0.5) is 4.79 Å². The maximum Gasteiger partial charge on any atom is 0.407 e. The van der Waals surface area contributed by atoms with Crippen molar-refractivity contribution in [2.75, 3.05) is 19.7 Å². The van der Waals surface area contributed by atoms with E-state index in [2.05, 4.69) is 36.4 Å². The van der Waals surface area contributed by atoms with Gasteiger partial charge in [-0.3, -0.25) is 0 Å². The van der Waals surface area contributed by atoms with Crippen molar-refractivity contribution in [1.82, 2.24) is 4.90 Å². The van der Waals surface area contributed by atoms with E-state index in [1.807, 2.05) is 18.2 Å². The van der Waals surface area contributed by atoms with Gasteiger partial charge in [0.25, 0.3) is 0 Å². The summed E-state index contributed by atoms with van der Waals surface area (Å²) < 4.78 is 5.85.